The second-order valence-electron chi connectivity index (χ2n) is 3.12. The molecule has 0 saturated heterocycles. The van der Waals surface area contributed by atoms with E-state index >= 15 is 0 Å². The van der Waals surface area contributed by atoms with Gasteiger partial charge in [0.15, 0.2) is 5.75 Å². The summed E-state index contributed by atoms with van der Waals surface area (Å²) in [7, 11) is 0. The van der Waals surface area contributed by atoms with Crippen molar-refractivity contribution in [2.75, 3.05) is 13.2 Å². The van der Waals surface area contributed by atoms with Crippen LogP contribution in [0.2, 0.25) is 0 Å². The predicted octanol–water partition coefficient (Wildman–Crippen LogP) is 0.335. The van der Waals surface area contributed by atoms with Crippen LogP contribution in [0.1, 0.15) is 11.5 Å². The van der Waals surface area contributed by atoms with Crippen molar-refractivity contribution in [2.24, 2.45) is 5.73 Å². The lowest BCUT2D eigenvalue weighted by Crippen LogP contribution is -2.16. The molecular weight excluding hydrogens is 200 g/mol. The summed E-state index contributed by atoms with van der Waals surface area (Å²) in [6.45, 7) is 0.0108. The van der Waals surface area contributed by atoms with Crippen LogP contribution in [-0.2, 0) is 0 Å². The van der Waals surface area contributed by atoms with E-state index in [9.17, 15) is 15.2 Å². The first kappa shape index (κ1) is 11.4. The van der Waals surface area contributed by atoms with E-state index in [1.54, 1.807) is 0 Å². The van der Waals surface area contributed by atoms with Crippen molar-refractivity contribution in [3.63, 3.8) is 0 Å². The average Bonchev–Trinajstić information content (AvgIpc) is 2.21. The Morgan fingerprint density at radius 2 is 2.20 bits per heavy atom. The molecular formula is C9H12N2O4. The quantitative estimate of drug-likeness (QED) is 0.492. The molecule has 0 radical (unpaired) electrons. The summed E-state index contributed by atoms with van der Waals surface area (Å²) in [6.07, 6.45) is 0. The van der Waals surface area contributed by atoms with Gasteiger partial charge in [0.1, 0.15) is 0 Å². The van der Waals surface area contributed by atoms with E-state index in [0.29, 0.717) is 5.56 Å². The number of nitro groups is 1. The highest BCUT2D eigenvalue weighted by Gasteiger charge is 2.17. The fourth-order valence-electron chi connectivity index (χ4n) is 1.26. The number of aliphatic hydroxyl groups excluding tert-OH is 1. The second kappa shape index (κ2) is 4.72. The maximum absolute atomic E-state index is 10.5. The lowest BCUT2D eigenvalue weighted by atomic mass is 9.99. The first-order chi connectivity index (χ1) is 7.10. The van der Waals surface area contributed by atoms with Gasteiger partial charge in [-0.15, -0.1) is 0 Å². The summed E-state index contributed by atoms with van der Waals surface area (Å²) in [5.41, 5.74) is 5.56. The molecule has 15 heavy (non-hydrogen) atoms. The molecule has 6 nitrogen and oxygen atoms in total. The maximum atomic E-state index is 10.5. The lowest BCUT2D eigenvalue weighted by molar-refractivity contribution is -0.385. The molecule has 0 aromatic heterocycles. The monoisotopic (exact) mass is 212 g/mol. The van der Waals surface area contributed by atoms with Crippen molar-refractivity contribution in [3.05, 3.63) is 33.9 Å². The van der Waals surface area contributed by atoms with Crippen LogP contribution < -0.4 is 5.73 Å². The van der Waals surface area contributed by atoms with E-state index in [2.05, 4.69) is 0 Å². The molecule has 0 bridgehead atoms. The Bertz CT molecular complexity index is 363. The standard InChI is InChI=1S/C9H12N2O4/c10-4-7(5-12)6-1-2-9(13)8(3-6)11(14)15/h1-3,7,12-13H,4-5,10H2. The van der Waals surface area contributed by atoms with Gasteiger partial charge in [-0.05, 0) is 11.6 Å². The number of hydrogen-bond donors (Lipinski definition) is 3. The smallest absolute Gasteiger partial charge is 0.310 e. The summed E-state index contributed by atoms with van der Waals surface area (Å²) in [4.78, 5) is 9.85. The van der Waals surface area contributed by atoms with Crippen LogP contribution in [-0.4, -0.2) is 28.3 Å². The Balaban J connectivity index is 3.11. The molecule has 1 rings (SSSR count). The van der Waals surface area contributed by atoms with Crippen LogP contribution in [0.15, 0.2) is 18.2 Å². The minimum Gasteiger partial charge on any atom is -0.502 e. The third-order valence-electron chi connectivity index (χ3n) is 2.17. The fourth-order valence-corrected chi connectivity index (χ4v) is 1.26. The molecule has 0 fully saturated rings. The van der Waals surface area contributed by atoms with Gasteiger partial charge in [0.2, 0.25) is 0 Å². The third-order valence-corrected chi connectivity index (χ3v) is 2.17. The highest BCUT2D eigenvalue weighted by atomic mass is 16.6. The predicted molar refractivity (Wildman–Crippen MR) is 53.6 cm³/mol. The van der Waals surface area contributed by atoms with Gasteiger partial charge in [-0.1, -0.05) is 6.07 Å². The fraction of sp³-hybridized carbons (Fsp3) is 0.333. The molecule has 0 aliphatic heterocycles. The van der Waals surface area contributed by atoms with Crippen molar-refractivity contribution in [2.45, 2.75) is 5.92 Å². The Hall–Kier alpha value is -1.66. The number of nitrogens with two attached hydrogens (primary N) is 1. The average molecular weight is 212 g/mol. The van der Waals surface area contributed by atoms with Gasteiger partial charge in [-0.3, -0.25) is 10.1 Å². The van der Waals surface area contributed by atoms with E-state index < -0.39 is 10.7 Å². The molecule has 0 spiro atoms. The van der Waals surface area contributed by atoms with Gasteiger partial charge in [0.05, 0.1) is 11.5 Å². The van der Waals surface area contributed by atoms with Crippen molar-refractivity contribution in [3.8, 4) is 5.75 Å². The summed E-state index contributed by atoms with van der Waals surface area (Å²) in [6, 6.07) is 3.96. The SMILES string of the molecule is NCC(CO)c1ccc(O)c([N+](=O)[O-])c1. The first-order valence-corrected chi connectivity index (χ1v) is 4.38. The third kappa shape index (κ3) is 2.42. The number of aromatic hydroxyl groups is 1. The molecule has 0 aliphatic carbocycles. The zero-order chi connectivity index (χ0) is 11.4. The number of rotatable bonds is 4. The summed E-state index contributed by atoms with van der Waals surface area (Å²) in [5, 5.41) is 28.7. The van der Waals surface area contributed by atoms with Gasteiger partial charge in [0.25, 0.3) is 0 Å². The van der Waals surface area contributed by atoms with Gasteiger partial charge in [0, 0.05) is 18.5 Å². The topological polar surface area (TPSA) is 110 Å². The number of nitrogens with zero attached hydrogens (tertiary/aromatic N) is 1. The molecule has 0 aliphatic rings. The first-order valence-electron chi connectivity index (χ1n) is 4.38. The minimum absolute atomic E-state index is 0.182. The highest BCUT2D eigenvalue weighted by Crippen LogP contribution is 2.29. The van der Waals surface area contributed by atoms with E-state index in [4.69, 9.17) is 10.8 Å². The Kier molecular flexibility index (Phi) is 3.59. The minimum atomic E-state index is -0.677. The number of benzene rings is 1. The van der Waals surface area contributed by atoms with Crippen molar-refractivity contribution in [1.82, 2.24) is 0 Å². The maximum Gasteiger partial charge on any atom is 0.310 e. The van der Waals surface area contributed by atoms with Gasteiger partial charge in [-0.25, -0.2) is 0 Å². The number of hydrogen-bond acceptors (Lipinski definition) is 5. The van der Waals surface area contributed by atoms with Gasteiger partial charge >= 0.3 is 5.69 Å². The summed E-state index contributed by atoms with van der Waals surface area (Å²) < 4.78 is 0. The number of phenols is 1. The van der Waals surface area contributed by atoms with E-state index in [-0.39, 0.29) is 24.8 Å². The van der Waals surface area contributed by atoms with Crippen LogP contribution in [0.4, 0.5) is 5.69 Å². The van der Waals surface area contributed by atoms with Crippen molar-refractivity contribution in [1.29, 1.82) is 0 Å². The van der Waals surface area contributed by atoms with E-state index in [1.807, 2.05) is 0 Å². The summed E-state index contributed by atoms with van der Waals surface area (Å²) >= 11 is 0. The van der Waals surface area contributed by atoms with Crippen molar-refractivity contribution >= 4 is 5.69 Å². The van der Waals surface area contributed by atoms with Crippen LogP contribution in [0, 0.1) is 10.1 Å². The zero-order valence-electron chi connectivity index (χ0n) is 7.96. The Morgan fingerprint density at radius 3 is 2.67 bits per heavy atom. The molecule has 1 unspecified atom stereocenters. The molecule has 1 aromatic carbocycles. The molecule has 4 N–H and O–H groups in total. The van der Waals surface area contributed by atoms with E-state index in [1.165, 1.54) is 18.2 Å². The zero-order valence-corrected chi connectivity index (χ0v) is 7.96. The van der Waals surface area contributed by atoms with Gasteiger partial charge < -0.3 is 15.9 Å². The van der Waals surface area contributed by atoms with Crippen LogP contribution in [0.3, 0.4) is 0 Å². The number of nitro benzene ring substituents is 1. The molecule has 1 atom stereocenters. The highest BCUT2D eigenvalue weighted by molar-refractivity contribution is 5.48. The normalized spacial score (nSPS) is 12.4. The Morgan fingerprint density at radius 1 is 1.53 bits per heavy atom. The Labute approximate surface area is 86.1 Å². The largest absolute Gasteiger partial charge is 0.502 e. The summed E-state index contributed by atoms with van der Waals surface area (Å²) in [5.74, 6) is -0.734. The van der Waals surface area contributed by atoms with Crippen LogP contribution in [0.25, 0.3) is 0 Å². The number of aliphatic hydroxyl groups is 1. The second-order valence-corrected chi connectivity index (χ2v) is 3.12. The number of phenolic OH excluding ortho intramolecular Hbond substituents is 1. The lowest BCUT2D eigenvalue weighted by Gasteiger charge is -2.11. The molecule has 0 amide bonds. The van der Waals surface area contributed by atoms with Crippen molar-refractivity contribution < 1.29 is 15.1 Å². The molecule has 1 aromatic rings. The molecule has 0 heterocycles. The van der Waals surface area contributed by atoms with Gasteiger partial charge in [-0.2, -0.15) is 0 Å². The van der Waals surface area contributed by atoms with Crippen LogP contribution in [0.5, 0.6) is 5.75 Å². The molecule has 82 valence electrons. The van der Waals surface area contributed by atoms with E-state index in [0.717, 1.165) is 0 Å². The molecule has 6 heteroatoms. The van der Waals surface area contributed by atoms with Crippen LogP contribution >= 0.6 is 0 Å². The molecule has 0 saturated carbocycles.